The van der Waals surface area contributed by atoms with E-state index in [1.165, 1.54) is 5.56 Å². The number of hydrogen-bond acceptors (Lipinski definition) is 2. The zero-order chi connectivity index (χ0) is 14.5. The Balaban J connectivity index is 2.82. The standard InChI is InChI=1S/C16H27ClN2/c1-6-10-18-12-13-8-9-15(14(17)11-13)19(5)16(3,4)7-2/h8-9,11,18H,6-7,10,12H2,1-5H3. The molecule has 1 rings (SSSR count). The van der Waals surface area contributed by atoms with Gasteiger partial charge in [-0.3, -0.25) is 0 Å². The van der Waals surface area contributed by atoms with Crippen molar-refractivity contribution in [3.8, 4) is 0 Å². The zero-order valence-electron chi connectivity index (χ0n) is 12.9. The van der Waals surface area contributed by atoms with Crippen molar-refractivity contribution in [2.75, 3.05) is 18.5 Å². The first-order valence-electron chi connectivity index (χ1n) is 7.15. The second kappa shape index (κ2) is 7.16. The Kier molecular flexibility index (Phi) is 6.15. The molecule has 108 valence electrons. The van der Waals surface area contributed by atoms with E-state index in [-0.39, 0.29) is 5.54 Å². The van der Waals surface area contributed by atoms with Gasteiger partial charge in [-0.25, -0.2) is 0 Å². The Morgan fingerprint density at radius 1 is 1.26 bits per heavy atom. The van der Waals surface area contributed by atoms with Gasteiger partial charge in [0.15, 0.2) is 0 Å². The summed E-state index contributed by atoms with van der Waals surface area (Å²) in [5.74, 6) is 0. The van der Waals surface area contributed by atoms with Gasteiger partial charge >= 0.3 is 0 Å². The molecular weight excluding hydrogens is 256 g/mol. The number of anilines is 1. The molecule has 0 radical (unpaired) electrons. The maximum absolute atomic E-state index is 6.43. The van der Waals surface area contributed by atoms with Crippen molar-refractivity contribution in [1.82, 2.24) is 5.32 Å². The average Bonchev–Trinajstić information content (AvgIpc) is 2.38. The quantitative estimate of drug-likeness (QED) is 0.743. The maximum Gasteiger partial charge on any atom is 0.0642 e. The molecule has 0 fully saturated rings. The fourth-order valence-corrected chi connectivity index (χ4v) is 2.24. The minimum Gasteiger partial charge on any atom is -0.368 e. The first-order chi connectivity index (χ1) is 8.92. The van der Waals surface area contributed by atoms with E-state index in [1.54, 1.807) is 0 Å². The fraction of sp³-hybridized carbons (Fsp3) is 0.625. The van der Waals surface area contributed by atoms with Crippen molar-refractivity contribution in [2.24, 2.45) is 0 Å². The second-order valence-corrected chi connectivity index (χ2v) is 6.09. The normalized spacial score (nSPS) is 11.7. The van der Waals surface area contributed by atoms with E-state index in [2.05, 4.69) is 63.2 Å². The van der Waals surface area contributed by atoms with Crippen LogP contribution in [0.3, 0.4) is 0 Å². The van der Waals surface area contributed by atoms with Gasteiger partial charge in [0, 0.05) is 19.1 Å². The average molecular weight is 283 g/mol. The lowest BCUT2D eigenvalue weighted by atomic mass is 9.99. The van der Waals surface area contributed by atoms with Crippen LogP contribution in [0.15, 0.2) is 18.2 Å². The molecule has 0 spiro atoms. The summed E-state index contributed by atoms with van der Waals surface area (Å²) in [7, 11) is 2.11. The monoisotopic (exact) mass is 282 g/mol. The van der Waals surface area contributed by atoms with Crippen LogP contribution in [0, 0.1) is 0 Å². The van der Waals surface area contributed by atoms with E-state index in [4.69, 9.17) is 11.6 Å². The predicted molar refractivity (Wildman–Crippen MR) is 86.2 cm³/mol. The van der Waals surface area contributed by atoms with E-state index in [1.807, 2.05) is 0 Å². The smallest absolute Gasteiger partial charge is 0.0642 e. The summed E-state index contributed by atoms with van der Waals surface area (Å²) in [4.78, 5) is 2.26. The molecule has 0 amide bonds. The summed E-state index contributed by atoms with van der Waals surface area (Å²) in [6.45, 7) is 10.8. The summed E-state index contributed by atoms with van der Waals surface area (Å²) in [6.07, 6.45) is 2.23. The predicted octanol–water partition coefficient (Wildman–Crippen LogP) is 4.46. The van der Waals surface area contributed by atoms with Crippen molar-refractivity contribution < 1.29 is 0 Å². The molecule has 0 heterocycles. The Hall–Kier alpha value is -0.730. The fourth-order valence-electron chi connectivity index (χ4n) is 1.91. The second-order valence-electron chi connectivity index (χ2n) is 5.69. The van der Waals surface area contributed by atoms with Crippen molar-refractivity contribution in [3.63, 3.8) is 0 Å². The lowest BCUT2D eigenvalue weighted by Crippen LogP contribution is -2.40. The minimum absolute atomic E-state index is 0.117. The third-order valence-corrected chi connectivity index (χ3v) is 4.21. The first kappa shape index (κ1) is 16.3. The van der Waals surface area contributed by atoms with Crippen LogP contribution in [0.4, 0.5) is 5.69 Å². The van der Waals surface area contributed by atoms with Gasteiger partial charge in [-0.05, 0) is 50.9 Å². The molecule has 0 atom stereocenters. The SMILES string of the molecule is CCCNCc1ccc(N(C)C(C)(C)CC)c(Cl)c1. The molecule has 19 heavy (non-hydrogen) atoms. The van der Waals surface area contributed by atoms with Crippen LogP contribution in [0.1, 0.15) is 46.1 Å². The Labute approximate surface area is 123 Å². The Bertz CT molecular complexity index is 402. The molecule has 1 N–H and O–H groups in total. The summed E-state index contributed by atoms with van der Waals surface area (Å²) < 4.78 is 0. The van der Waals surface area contributed by atoms with Gasteiger partial charge < -0.3 is 10.2 Å². The largest absolute Gasteiger partial charge is 0.368 e. The summed E-state index contributed by atoms with van der Waals surface area (Å²) >= 11 is 6.43. The van der Waals surface area contributed by atoms with Crippen LogP contribution in [0.25, 0.3) is 0 Å². The summed E-state index contributed by atoms with van der Waals surface area (Å²) in [5, 5.41) is 4.23. The molecule has 1 aromatic carbocycles. The molecule has 0 saturated heterocycles. The van der Waals surface area contributed by atoms with Gasteiger partial charge in [0.2, 0.25) is 0 Å². The molecule has 0 unspecified atom stereocenters. The molecule has 3 heteroatoms. The van der Waals surface area contributed by atoms with E-state index in [0.717, 1.165) is 36.6 Å². The van der Waals surface area contributed by atoms with Gasteiger partial charge in [-0.1, -0.05) is 31.5 Å². The van der Waals surface area contributed by atoms with Crippen LogP contribution < -0.4 is 10.2 Å². The molecule has 0 aliphatic carbocycles. The number of benzene rings is 1. The third kappa shape index (κ3) is 4.39. The highest BCUT2D eigenvalue weighted by Crippen LogP contribution is 2.31. The lowest BCUT2D eigenvalue weighted by molar-refractivity contribution is 0.471. The number of nitrogens with zero attached hydrogens (tertiary/aromatic N) is 1. The zero-order valence-corrected chi connectivity index (χ0v) is 13.6. The third-order valence-electron chi connectivity index (χ3n) is 3.90. The summed E-state index contributed by atoms with van der Waals surface area (Å²) in [5.41, 5.74) is 2.46. The molecular formula is C16H27ClN2. The van der Waals surface area contributed by atoms with Gasteiger partial charge in [0.1, 0.15) is 0 Å². The van der Waals surface area contributed by atoms with E-state index >= 15 is 0 Å². The van der Waals surface area contributed by atoms with E-state index < -0.39 is 0 Å². The number of nitrogens with one attached hydrogen (secondary N) is 1. The van der Waals surface area contributed by atoms with Crippen molar-refractivity contribution in [3.05, 3.63) is 28.8 Å². The number of halogens is 1. The lowest BCUT2D eigenvalue weighted by Gasteiger charge is -2.37. The maximum atomic E-state index is 6.43. The van der Waals surface area contributed by atoms with Crippen LogP contribution >= 0.6 is 11.6 Å². The van der Waals surface area contributed by atoms with Crippen LogP contribution in [-0.4, -0.2) is 19.1 Å². The van der Waals surface area contributed by atoms with Gasteiger partial charge in [0.25, 0.3) is 0 Å². The van der Waals surface area contributed by atoms with E-state index in [0.29, 0.717) is 0 Å². The highest BCUT2D eigenvalue weighted by atomic mass is 35.5. The van der Waals surface area contributed by atoms with Crippen molar-refractivity contribution in [1.29, 1.82) is 0 Å². The van der Waals surface area contributed by atoms with Gasteiger partial charge in [-0.2, -0.15) is 0 Å². The number of hydrogen-bond donors (Lipinski definition) is 1. The van der Waals surface area contributed by atoms with E-state index in [9.17, 15) is 0 Å². The van der Waals surface area contributed by atoms with Crippen LogP contribution in [-0.2, 0) is 6.54 Å². The molecule has 0 aromatic heterocycles. The van der Waals surface area contributed by atoms with Crippen molar-refractivity contribution in [2.45, 2.75) is 52.6 Å². The first-order valence-corrected chi connectivity index (χ1v) is 7.53. The molecule has 0 aliphatic heterocycles. The van der Waals surface area contributed by atoms with Crippen molar-refractivity contribution >= 4 is 17.3 Å². The van der Waals surface area contributed by atoms with Gasteiger partial charge in [-0.15, -0.1) is 0 Å². The van der Waals surface area contributed by atoms with Crippen LogP contribution in [0.5, 0.6) is 0 Å². The highest BCUT2D eigenvalue weighted by Gasteiger charge is 2.23. The minimum atomic E-state index is 0.117. The molecule has 2 nitrogen and oxygen atoms in total. The molecule has 1 aromatic rings. The van der Waals surface area contributed by atoms with Crippen LogP contribution in [0.2, 0.25) is 5.02 Å². The Morgan fingerprint density at radius 3 is 2.47 bits per heavy atom. The summed E-state index contributed by atoms with van der Waals surface area (Å²) in [6, 6.07) is 6.36. The number of rotatable bonds is 7. The Morgan fingerprint density at radius 2 is 1.95 bits per heavy atom. The molecule has 0 bridgehead atoms. The van der Waals surface area contributed by atoms with Gasteiger partial charge in [0.05, 0.1) is 10.7 Å². The topological polar surface area (TPSA) is 15.3 Å². The molecule has 0 aliphatic rings. The highest BCUT2D eigenvalue weighted by molar-refractivity contribution is 6.33. The molecule has 0 saturated carbocycles.